The molecule has 0 fully saturated rings. The number of hydrazone groups is 1. The van der Waals surface area contributed by atoms with Gasteiger partial charge in [-0.2, -0.15) is 5.10 Å². The average Bonchev–Trinajstić information content (AvgIpc) is 3.31. The third kappa shape index (κ3) is 5.65. The summed E-state index contributed by atoms with van der Waals surface area (Å²) >= 11 is 7.30. The van der Waals surface area contributed by atoms with Crippen molar-refractivity contribution in [3.63, 3.8) is 0 Å². The van der Waals surface area contributed by atoms with Crippen LogP contribution in [-0.2, 0) is 11.4 Å². The van der Waals surface area contributed by atoms with Crippen molar-refractivity contribution in [3.8, 4) is 5.75 Å². The lowest BCUT2D eigenvalue weighted by Gasteiger charge is -2.12. The predicted molar refractivity (Wildman–Crippen MR) is 142 cm³/mol. The number of halogens is 1. The number of nitrogens with zero attached hydrogens (tertiary/aromatic N) is 2. The van der Waals surface area contributed by atoms with E-state index in [0.717, 1.165) is 32.9 Å². The standard InChI is InChI=1S/C27H21ClN4O2S/c28-20-12-9-18(10-13-20)16-34-25-14-11-19-5-1-2-6-21(19)22(25)15-29-32-26(33)17-35-27-30-23-7-3-4-8-24(23)31-27/h1-15H,16-17H2,(H,30,31)(H,32,33)/b29-15+. The van der Waals surface area contributed by atoms with Crippen LogP contribution in [0.1, 0.15) is 11.1 Å². The largest absolute Gasteiger partial charge is 0.488 e. The molecule has 6 nitrogen and oxygen atoms in total. The number of aromatic nitrogens is 2. The molecular formula is C27H21ClN4O2S. The van der Waals surface area contributed by atoms with Gasteiger partial charge in [0.2, 0.25) is 0 Å². The second kappa shape index (κ2) is 10.6. The first-order valence-electron chi connectivity index (χ1n) is 10.9. The van der Waals surface area contributed by atoms with Crippen molar-refractivity contribution >= 4 is 57.3 Å². The second-order valence-corrected chi connectivity index (χ2v) is 9.16. The van der Waals surface area contributed by atoms with Crippen LogP contribution in [0.4, 0.5) is 0 Å². The second-order valence-electron chi connectivity index (χ2n) is 7.75. The number of thioether (sulfide) groups is 1. The van der Waals surface area contributed by atoms with Gasteiger partial charge >= 0.3 is 0 Å². The average molecular weight is 501 g/mol. The molecule has 0 spiro atoms. The van der Waals surface area contributed by atoms with Gasteiger partial charge in [-0.1, -0.05) is 78.0 Å². The molecule has 0 aliphatic rings. The summed E-state index contributed by atoms with van der Waals surface area (Å²) in [6.45, 7) is 0.386. The summed E-state index contributed by atoms with van der Waals surface area (Å²) in [4.78, 5) is 20.1. The molecule has 5 rings (SSSR count). The van der Waals surface area contributed by atoms with Gasteiger partial charge in [0, 0.05) is 10.6 Å². The maximum absolute atomic E-state index is 12.4. The first kappa shape index (κ1) is 23.0. The quantitative estimate of drug-likeness (QED) is 0.151. The normalized spacial score (nSPS) is 11.3. The Kier molecular flexibility index (Phi) is 6.97. The summed E-state index contributed by atoms with van der Waals surface area (Å²) in [5.74, 6) is 0.635. The number of aromatic amines is 1. The van der Waals surface area contributed by atoms with E-state index in [0.29, 0.717) is 22.5 Å². The van der Waals surface area contributed by atoms with Crippen molar-refractivity contribution in [1.29, 1.82) is 0 Å². The highest BCUT2D eigenvalue weighted by Crippen LogP contribution is 2.27. The van der Waals surface area contributed by atoms with Gasteiger partial charge in [0.1, 0.15) is 12.4 Å². The van der Waals surface area contributed by atoms with Crippen LogP contribution in [0.3, 0.4) is 0 Å². The van der Waals surface area contributed by atoms with E-state index in [1.165, 1.54) is 11.8 Å². The molecule has 0 bridgehead atoms. The zero-order chi connectivity index (χ0) is 24.0. The van der Waals surface area contributed by atoms with Crippen LogP contribution < -0.4 is 10.2 Å². The fourth-order valence-corrected chi connectivity index (χ4v) is 4.41. The molecule has 4 aromatic carbocycles. The Balaban J connectivity index is 1.27. The first-order valence-corrected chi connectivity index (χ1v) is 12.3. The van der Waals surface area contributed by atoms with Crippen molar-refractivity contribution in [2.45, 2.75) is 11.8 Å². The topological polar surface area (TPSA) is 79.4 Å². The summed E-state index contributed by atoms with van der Waals surface area (Å²) in [7, 11) is 0. The maximum atomic E-state index is 12.4. The van der Waals surface area contributed by atoms with E-state index in [1.54, 1.807) is 6.21 Å². The monoisotopic (exact) mass is 500 g/mol. The number of hydrogen-bond acceptors (Lipinski definition) is 5. The molecule has 35 heavy (non-hydrogen) atoms. The van der Waals surface area contributed by atoms with E-state index >= 15 is 0 Å². The molecule has 0 aliphatic carbocycles. The number of hydrogen-bond donors (Lipinski definition) is 2. The zero-order valence-electron chi connectivity index (χ0n) is 18.6. The molecule has 174 valence electrons. The van der Waals surface area contributed by atoms with Gasteiger partial charge < -0.3 is 9.72 Å². The Labute approximate surface area is 211 Å². The molecule has 1 heterocycles. The molecule has 1 aromatic heterocycles. The van der Waals surface area contributed by atoms with Crippen LogP contribution in [-0.4, -0.2) is 27.8 Å². The molecule has 0 unspecified atom stereocenters. The molecular weight excluding hydrogens is 480 g/mol. The van der Waals surface area contributed by atoms with Gasteiger partial charge in [-0.3, -0.25) is 4.79 Å². The number of rotatable bonds is 8. The third-order valence-corrected chi connectivity index (χ3v) is 6.45. The van der Waals surface area contributed by atoms with Gasteiger partial charge in [-0.25, -0.2) is 10.4 Å². The van der Waals surface area contributed by atoms with E-state index in [4.69, 9.17) is 16.3 Å². The number of imidazole rings is 1. The van der Waals surface area contributed by atoms with Gasteiger partial charge in [-0.15, -0.1) is 0 Å². The SMILES string of the molecule is O=C(CSc1nc2ccccc2[nH]1)N/N=C/c1c(OCc2ccc(Cl)cc2)ccc2ccccc12. The fourth-order valence-electron chi connectivity index (χ4n) is 3.61. The molecule has 5 aromatic rings. The summed E-state index contributed by atoms with van der Waals surface area (Å²) < 4.78 is 6.10. The summed E-state index contributed by atoms with van der Waals surface area (Å²) in [6, 6.07) is 27.2. The van der Waals surface area contributed by atoms with E-state index < -0.39 is 0 Å². The van der Waals surface area contributed by atoms with Gasteiger partial charge in [0.15, 0.2) is 5.16 Å². The van der Waals surface area contributed by atoms with Crippen molar-refractivity contribution in [3.05, 3.63) is 101 Å². The van der Waals surface area contributed by atoms with Crippen LogP contribution in [0.2, 0.25) is 5.02 Å². The number of fused-ring (bicyclic) bond motifs is 2. The molecule has 0 saturated carbocycles. The Morgan fingerprint density at radius 1 is 1.03 bits per heavy atom. The zero-order valence-corrected chi connectivity index (χ0v) is 20.1. The minimum absolute atomic E-state index is 0.187. The molecule has 2 N–H and O–H groups in total. The van der Waals surface area contributed by atoms with Crippen LogP contribution in [0.25, 0.3) is 21.8 Å². The maximum Gasteiger partial charge on any atom is 0.250 e. The van der Waals surface area contributed by atoms with Crippen molar-refractivity contribution in [1.82, 2.24) is 15.4 Å². The number of amides is 1. The molecule has 0 saturated heterocycles. The van der Waals surface area contributed by atoms with Gasteiger partial charge in [0.05, 0.1) is 23.0 Å². The molecule has 0 aliphatic heterocycles. The third-order valence-electron chi connectivity index (χ3n) is 5.33. The van der Waals surface area contributed by atoms with Crippen LogP contribution in [0.15, 0.2) is 95.2 Å². The molecule has 1 amide bonds. The van der Waals surface area contributed by atoms with E-state index in [9.17, 15) is 4.79 Å². The molecule has 0 radical (unpaired) electrons. The lowest BCUT2D eigenvalue weighted by atomic mass is 10.0. The van der Waals surface area contributed by atoms with Crippen LogP contribution >= 0.6 is 23.4 Å². The Bertz CT molecular complexity index is 1480. The van der Waals surface area contributed by atoms with Crippen molar-refractivity contribution < 1.29 is 9.53 Å². The minimum Gasteiger partial charge on any atom is -0.488 e. The number of benzene rings is 4. The first-order chi connectivity index (χ1) is 17.2. The number of carbonyl (C=O) groups is 1. The smallest absolute Gasteiger partial charge is 0.250 e. The number of ether oxygens (including phenoxy) is 1. The van der Waals surface area contributed by atoms with Crippen molar-refractivity contribution in [2.75, 3.05) is 5.75 Å². The van der Waals surface area contributed by atoms with E-state index in [-0.39, 0.29) is 11.7 Å². The summed E-state index contributed by atoms with van der Waals surface area (Å²) in [6.07, 6.45) is 1.63. The summed E-state index contributed by atoms with van der Waals surface area (Å²) in [5.41, 5.74) is 6.21. The van der Waals surface area contributed by atoms with Crippen molar-refractivity contribution in [2.24, 2.45) is 5.10 Å². The highest BCUT2D eigenvalue weighted by Gasteiger charge is 2.09. The predicted octanol–water partition coefficient (Wildman–Crippen LogP) is 6.19. The number of nitrogens with one attached hydrogen (secondary N) is 2. The molecule has 0 atom stereocenters. The Hall–Kier alpha value is -3.81. The lowest BCUT2D eigenvalue weighted by molar-refractivity contribution is -0.118. The number of H-pyrrole nitrogens is 1. The van der Waals surface area contributed by atoms with E-state index in [1.807, 2.05) is 84.9 Å². The van der Waals surface area contributed by atoms with Gasteiger partial charge in [-0.05, 0) is 46.7 Å². The van der Waals surface area contributed by atoms with Crippen LogP contribution in [0.5, 0.6) is 5.75 Å². The highest BCUT2D eigenvalue weighted by molar-refractivity contribution is 7.99. The van der Waals surface area contributed by atoms with Gasteiger partial charge in [0.25, 0.3) is 5.91 Å². The number of carbonyl (C=O) groups excluding carboxylic acids is 1. The minimum atomic E-state index is -0.226. The Morgan fingerprint density at radius 2 is 1.83 bits per heavy atom. The lowest BCUT2D eigenvalue weighted by Crippen LogP contribution is -2.19. The fraction of sp³-hybridized carbons (Fsp3) is 0.0741. The number of para-hydroxylation sites is 2. The summed E-state index contributed by atoms with van der Waals surface area (Å²) in [5, 5.41) is 7.62. The van der Waals surface area contributed by atoms with E-state index in [2.05, 4.69) is 20.5 Å². The highest BCUT2D eigenvalue weighted by atomic mass is 35.5. The Morgan fingerprint density at radius 3 is 2.69 bits per heavy atom. The molecule has 8 heteroatoms. The van der Waals surface area contributed by atoms with Crippen LogP contribution in [0, 0.1) is 0 Å².